The summed E-state index contributed by atoms with van der Waals surface area (Å²) in [5, 5.41) is 0.0907. The van der Waals surface area contributed by atoms with Gasteiger partial charge in [0, 0.05) is 6.54 Å². The van der Waals surface area contributed by atoms with Crippen molar-refractivity contribution in [2.75, 3.05) is 26.2 Å². The van der Waals surface area contributed by atoms with Gasteiger partial charge in [0.05, 0.1) is 29.3 Å². The van der Waals surface area contributed by atoms with Gasteiger partial charge in [-0.1, -0.05) is 17.7 Å². The smallest absolute Gasteiger partial charge is 0.232 e. The summed E-state index contributed by atoms with van der Waals surface area (Å²) in [5.41, 5.74) is -0.0200. The van der Waals surface area contributed by atoms with Crippen LogP contribution in [0.2, 0.25) is 5.02 Å². The molecule has 0 amide bonds. The number of rotatable bonds is 4. The molecule has 1 aliphatic carbocycles. The highest BCUT2D eigenvalue weighted by atomic mass is 35.5. The van der Waals surface area contributed by atoms with Crippen molar-refractivity contribution in [1.82, 2.24) is 9.88 Å². The molecule has 1 aromatic heterocycles. The SMILES string of the molecule is O=C1C(=NCCN2CCCC2)CC(=O)c2oc(-c3c(F)cccc3Cl)nc21. The van der Waals surface area contributed by atoms with Crippen LogP contribution in [0.1, 0.15) is 40.3 Å². The van der Waals surface area contributed by atoms with E-state index in [4.69, 9.17) is 16.0 Å². The second kappa shape index (κ2) is 7.32. The lowest BCUT2D eigenvalue weighted by molar-refractivity contribution is 0.0940. The summed E-state index contributed by atoms with van der Waals surface area (Å²) in [6.07, 6.45) is 2.22. The number of nitrogens with zero attached hydrogens (tertiary/aromatic N) is 3. The highest BCUT2D eigenvalue weighted by Gasteiger charge is 2.35. The molecule has 1 fully saturated rings. The summed E-state index contributed by atoms with van der Waals surface area (Å²) in [5.74, 6) is -1.82. The van der Waals surface area contributed by atoms with Crippen molar-refractivity contribution in [1.29, 1.82) is 0 Å². The molecule has 1 aromatic carbocycles. The quantitative estimate of drug-likeness (QED) is 0.800. The van der Waals surface area contributed by atoms with E-state index in [-0.39, 0.29) is 40.1 Å². The summed E-state index contributed by atoms with van der Waals surface area (Å²) in [4.78, 5) is 35.7. The Hall–Kier alpha value is -2.38. The van der Waals surface area contributed by atoms with Crippen molar-refractivity contribution in [2.24, 2.45) is 4.99 Å². The van der Waals surface area contributed by atoms with Crippen molar-refractivity contribution >= 4 is 28.9 Å². The van der Waals surface area contributed by atoms with Gasteiger partial charge >= 0.3 is 0 Å². The molecule has 0 unspecified atom stereocenters. The molecule has 4 rings (SSSR count). The number of benzene rings is 1. The average Bonchev–Trinajstić information content (AvgIpc) is 3.29. The van der Waals surface area contributed by atoms with E-state index in [1.54, 1.807) is 0 Å². The minimum atomic E-state index is -0.638. The number of ketones is 2. The van der Waals surface area contributed by atoms with Crippen molar-refractivity contribution in [3.63, 3.8) is 0 Å². The first-order chi connectivity index (χ1) is 13.0. The summed E-state index contributed by atoms with van der Waals surface area (Å²) >= 11 is 6.02. The van der Waals surface area contributed by atoms with Gasteiger partial charge in [0.1, 0.15) is 5.82 Å². The predicted octanol–water partition coefficient (Wildman–Crippen LogP) is 3.44. The Kier molecular flexibility index (Phi) is 4.88. The average molecular weight is 390 g/mol. The Morgan fingerprint density at radius 3 is 2.78 bits per heavy atom. The molecule has 2 aliphatic rings. The van der Waals surface area contributed by atoms with Gasteiger partial charge in [-0.05, 0) is 38.1 Å². The molecule has 2 aromatic rings. The van der Waals surface area contributed by atoms with E-state index in [1.165, 1.54) is 31.0 Å². The zero-order chi connectivity index (χ0) is 19.0. The van der Waals surface area contributed by atoms with Gasteiger partial charge < -0.3 is 9.32 Å². The molecular formula is C19H17ClFN3O3. The van der Waals surface area contributed by atoms with Crippen LogP contribution in [0.4, 0.5) is 4.39 Å². The minimum absolute atomic E-state index is 0.0679. The molecule has 0 atom stereocenters. The number of aromatic nitrogens is 1. The van der Waals surface area contributed by atoms with Crippen LogP contribution in [0.15, 0.2) is 27.6 Å². The van der Waals surface area contributed by atoms with Crippen molar-refractivity contribution in [3.8, 4) is 11.5 Å². The van der Waals surface area contributed by atoms with Crippen LogP contribution in [-0.2, 0) is 0 Å². The molecule has 1 saturated heterocycles. The fourth-order valence-corrected chi connectivity index (χ4v) is 3.63. The number of carbonyl (C=O) groups excluding carboxylic acids is 2. The maximum Gasteiger partial charge on any atom is 0.232 e. The fraction of sp³-hybridized carbons (Fsp3) is 0.368. The van der Waals surface area contributed by atoms with E-state index < -0.39 is 17.4 Å². The Labute approximate surface area is 160 Å². The molecule has 6 nitrogen and oxygen atoms in total. The molecule has 1 aliphatic heterocycles. The van der Waals surface area contributed by atoms with Gasteiger partial charge in [0.2, 0.25) is 23.2 Å². The Balaban J connectivity index is 1.60. The number of fused-ring (bicyclic) bond motifs is 1. The van der Waals surface area contributed by atoms with E-state index in [0.717, 1.165) is 19.6 Å². The first kappa shape index (κ1) is 18.0. The lowest BCUT2D eigenvalue weighted by Crippen LogP contribution is -2.28. The van der Waals surface area contributed by atoms with Crippen LogP contribution in [0.3, 0.4) is 0 Å². The number of halogens is 2. The normalized spacial score (nSPS) is 19.1. The lowest BCUT2D eigenvalue weighted by atomic mass is 9.97. The van der Waals surface area contributed by atoms with E-state index in [1.807, 2.05) is 0 Å². The van der Waals surface area contributed by atoms with Crippen LogP contribution in [0, 0.1) is 5.82 Å². The topological polar surface area (TPSA) is 75.8 Å². The highest BCUT2D eigenvalue weighted by Crippen LogP contribution is 2.33. The van der Waals surface area contributed by atoms with Crippen LogP contribution < -0.4 is 0 Å². The number of carbonyl (C=O) groups is 2. The molecule has 0 spiro atoms. The summed E-state index contributed by atoms with van der Waals surface area (Å²) in [7, 11) is 0. The van der Waals surface area contributed by atoms with E-state index in [9.17, 15) is 14.0 Å². The molecule has 0 bridgehead atoms. The second-order valence-corrected chi connectivity index (χ2v) is 7.01. The van der Waals surface area contributed by atoms with Gasteiger partial charge in [-0.15, -0.1) is 0 Å². The largest absolute Gasteiger partial charge is 0.432 e. The standard InChI is InChI=1S/C19H17ClFN3O3/c20-11-4-3-5-12(21)15(11)19-23-16-17(26)13(10-14(25)18(16)27-19)22-6-9-24-7-1-2-8-24/h3-5H,1-2,6-10H2. The van der Waals surface area contributed by atoms with Crippen LogP contribution >= 0.6 is 11.6 Å². The third kappa shape index (κ3) is 3.44. The molecular weight excluding hydrogens is 373 g/mol. The first-order valence-electron chi connectivity index (χ1n) is 8.83. The van der Waals surface area contributed by atoms with E-state index in [2.05, 4.69) is 14.9 Å². The molecule has 8 heteroatoms. The fourth-order valence-electron chi connectivity index (χ4n) is 3.38. The molecule has 140 valence electrons. The zero-order valence-corrected chi connectivity index (χ0v) is 15.3. The van der Waals surface area contributed by atoms with E-state index >= 15 is 0 Å². The van der Waals surface area contributed by atoms with Gasteiger partial charge in [-0.3, -0.25) is 14.6 Å². The monoisotopic (exact) mass is 389 g/mol. The Bertz CT molecular complexity index is 927. The van der Waals surface area contributed by atoms with Crippen LogP contribution in [-0.4, -0.2) is 53.3 Å². The third-order valence-corrected chi connectivity index (χ3v) is 5.09. The maximum absolute atomic E-state index is 14.1. The number of likely N-dealkylation sites (tertiary alicyclic amines) is 1. The molecule has 27 heavy (non-hydrogen) atoms. The molecule has 2 heterocycles. The number of aliphatic imine (C=N–C) groups is 1. The van der Waals surface area contributed by atoms with Crippen molar-refractivity contribution < 1.29 is 18.4 Å². The molecule has 0 N–H and O–H groups in total. The van der Waals surface area contributed by atoms with Gasteiger partial charge in [0.15, 0.2) is 5.69 Å². The second-order valence-electron chi connectivity index (χ2n) is 6.60. The molecule has 0 saturated carbocycles. The lowest BCUT2D eigenvalue weighted by Gasteiger charge is -2.13. The summed E-state index contributed by atoms with van der Waals surface area (Å²) in [6.45, 7) is 3.29. The third-order valence-electron chi connectivity index (χ3n) is 4.78. The van der Waals surface area contributed by atoms with Crippen LogP contribution in [0.5, 0.6) is 0 Å². The highest BCUT2D eigenvalue weighted by molar-refractivity contribution is 6.52. The summed E-state index contributed by atoms with van der Waals surface area (Å²) in [6, 6.07) is 4.14. The first-order valence-corrected chi connectivity index (χ1v) is 9.21. The Morgan fingerprint density at radius 1 is 1.26 bits per heavy atom. The molecule has 0 radical (unpaired) electrons. The van der Waals surface area contributed by atoms with Crippen molar-refractivity contribution in [2.45, 2.75) is 19.3 Å². The number of hydrogen-bond acceptors (Lipinski definition) is 6. The van der Waals surface area contributed by atoms with Crippen molar-refractivity contribution in [3.05, 3.63) is 40.5 Å². The summed E-state index contributed by atoms with van der Waals surface area (Å²) < 4.78 is 19.5. The minimum Gasteiger partial charge on any atom is -0.432 e. The Morgan fingerprint density at radius 2 is 2.04 bits per heavy atom. The van der Waals surface area contributed by atoms with Crippen LogP contribution in [0.25, 0.3) is 11.5 Å². The maximum atomic E-state index is 14.1. The van der Waals surface area contributed by atoms with Gasteiger partial charge in [0.25, 0.3) is 0 Å². The number of Topliss-reactive ketones (excluding diaryl/α,β-unsaturated/α-hetero) is 2. The van der Waals surface area contributed by atoms with E-state index in [0.29, 0.717) is 6.54 Å². The van der Waals surface area contributed by atoms with Gasteiger partial charge in [-0.2, -0.15) is 0 Å². The van der Waals surface area contributed by atoms with Gasteiger partial charge in [-0.25, -0.2) is 9.37 Å². The predicted molar refractivity (Wildman–Crippen MR) is 98.2 cm³/mol. The number of hydrogen-bond donors (Lipinski definition) is 0. The zero-order valence-electron chi connectivity index (χ0n) is 14.5. The number of oxazole rings is 1.